The maximum atomic E-state index is 5.35. The van der Waals surface area contributed by atoms with Gasteiger partial charge in [-0.1, -0.05) is 131 Å². The molecule has 1 aromatic heterocycles. The van der Waals surface area contributed by atoms with Crippen LogP contribution in [0.4, 0.5) is 0 Å². The van der Waals surface area contributed by atoms with Gasteiger partial charge in [-0.25, -0.2) is 4.98 Å². The van der Waals surface area contributed by atoms with Gasteiger partial charge in [0, 0.05) is 20.8 Å². The Balaban J connectivity index is 1.53. The fourth-order valence-electron chi connectivity index (χ4n) is 7.47. The van der Waals surface area contributed by atoms with E-state index in [9.17, 15) is 0 Å². The summed E-state index contributed by atoms with van der Waals surface area (Å²) < 4.78 is 1.05. The molecule has 0 aliphatic heterocycles. The molecule has 7 aromatic rings. The molecule has 1 heterocycles. The normalized spacial score (nSPS) is 13.8. The number of benzene rings is 6. The number of pyridine rings is 1. The van der Waals surface area contributed by atoms with E-state index >= 15 is 0 Å². The van der Waals surface area contributed by atoms with Crippen molar-refractivity contribution in [1.82, 2.24) is 4.98 Å². The van der Waals surface area contributed by atoms with Crippen LogP contribution in [0, 0.1) is 0 Å². The molecule has 0 bridgehead atoms. The zero-order chi connectivity index (χ0) is 26.4. The zero-order valence-electron chi connectivity index (χ0n) is 21.5. The average molecular weight is 573 g/mol. The van der Waals surface area contributed by atoms with Crippen molar-refractivity contribution in [3.8, 4) is 33.5 Å². The molecule has 2 heteroatoms. The Kier molecular flexibility index (Phi) is 4.46. The second-order valence-electron chi connectivity index (χ2n) is 10.8. The van der Waals surface area contributed by atoms with Crippen LogP contribution in [0.5, 0.6) is 0 Å². The molecule has 0 amide bonds. The van der Waals surface area contributed by atoms with Gasteiger partial charge in [0.05, 0.1) is 16.6 Å². The summed E-state index contributed by atoms with van der Waals surface area (Å²) in [5.41, 5.74) is 13.4. The van der Waals surface area contributed by atoms with E-state index in [1.807, 2.05) is 0 Å². The van der Waals surface area contributed by atoms with Crippen molar-refractivity contribution in [3.63, 3.8) is 0 Å². The SMILES string of the molecule is Brc1cccc(-c2nc3ccccc3c3ccc4c(c23)-c2ccccc2C42c3ccccc3-c3ccccc32)c1. The van der Waals surface area contributed by atoms with Gasteiger partial charge in [0.1, 0.15) is 0 Å². The van der Waals surface area contributed by atoms with Crippen LogP contribution in [0.25, 0.3) is 55.2 Å². The molecule has 1 nitrogen and oxygen atoms in total. The van der Waals surface area contributed by atoms with Gasteiger partial charge in [0.25, 0.3) is 0 Å². The summed E-state index contributed by atoms with van der Waals surface area (Å²) in [6, 6.07) is 48.8. The van der Waals surface area contributed by atoms with Crippen molar-refractivity contribution < 1.29 is 0 Å². The van der Waals surface area contributed by atoms with E-state index in [-0.39, 0.29) is 5.41 Å². The predicted molar refractivity (Wildman–Crippen MR) is 169 cm³/mol. The molecule has 2 aliphatic rings. The topological polar surface area (TPSA) is 12.9 Å². The third-order valence-corrected chi connectivity index (χ3v) is 9.42. The predicted octanol–water partition coefficient (Wildman–Crippen LogP) is 10.2. The molecule has 0 atom stereocenters. The van der Waals surface area contributed by atoms with Crippen LogP contribution in [0.2, 0.25) is 0 Å². The Morgan fingerprint density at radius 3 is 1.85 bits per heavy atom. The summed E-state index contributed by atoms with van der Waals surface area (Å²) in [6.07, 6.45) is 0. The second kappa shape index (κ2) is 8.00. The number of aromatic nitrogens is 1. The molecule has 6 aromatic carbocycles. The van der Waals surface area contributed by atoms with Gasteiger partial charge in [-0.2, -0.15) is 0 Å². The minimum Gasteiger partial charge on any atom is -0.247 e. The van der Waals surface area contributed by atoms with Gasteiger partial charge < -0.3 is 0 Å². The van der Waals surface area contributed by atoms with Gasteiger partial charge in [-0.05, 0) is 68.1 Å². The van der Waals surface area contributed by atoms with Crippen LogP contribution in [-0.2, 0) is 5.41 Å². The summed E-state index contributed by atoms with van der Waals surface area (Å²) in [4.78, 5) is 5.35. The third-order valence-electron chi connectivity index (χ3n) is 8.92. The lowest BCUT2D eigenvalue weighted by Crippen LogP contribution is -2.25. The number of hydrogen-bond donors (Lipinski definition) is 0. The first-order chi connectivity index (χ1) is 19.8. The highest BCUT2D eigenvalue weighted by Gasteiger charge is 2.52. The molecule has 186 valence electrons. The van der Waals surface area contributed by atoms with Crippen LogP contribution >= 0.6 is 15.9 Å². The monoisotopic (exact) mass is 571 g/mol. The van der Waals surface area contributed by atoms with E-state index in [4.69, 9.17) is 4.98 Å². The van der Waals surface area contributed by atoms with E-state index in [1.165, 1.54) is 60.7 Å². The highest BCUT2D eigenvalue weighted by atomic mass is 79.9. The standard InChI is InChI=1S/C38H22BrN/c39-24-11-9-10-23(22-24)37-36-28(27-14-4-8-19-34(27)40-37)20-21-33-35(36)29-15-3-7-18-32(29)38(33)30-16-5-1-12-25(30)26-13-2-6-17-31(26)38/h1-22H. The summed E-state index contributed by atoms with van der Waals surface area (Å²) in [5.74, 6) is 0. The molecule has 0 unspecified atom stereocenters. The van der Waals surface area contributed by atoms with Crippen LogP contribution in [0.15, 0.2) is 138 Å². The number of para-hydroxylation sites is 1. The van der Waals surface area contributed by atoms with Gasteiger partial charge in [0.15, 0.2) is 0 Å². The summed E-state index contributed by atoms with van der Waals surface area (Å²) in [7, 11) is 0. The van der Waals surface area contributed by atoms with Crippen LogP contribution < -0.4 is 0 Å². The fourth-order valence-corrected chi connectivity index (χ4v) is 7.87. The molecule has 9 rings (SSSR count). The Hall–Kier alpha value is -4.53. The minimum absolute atomic E-state index is 0.368. The summed E-state index contributed by atoms with van der Waals surface area (Å²) in [6.45, 7) is 0. The average Bonchev–Trinajstić information content (AvgIpc) is 3.48. The first-order valence-electron chi connectivity index (χ1n) is 13.7. The largest absolute Gasteiger partial charge is 0.247 e. The van der Waals surface area contributed by atoms with E-state index in [2.05, 4.69) is 149 Å². The molecule has 0 radical (unpaired) electrons. The molecule has 0 saturated heterocycles. The van der Waals surface area contributed by atoms with Gasteiger partial charge in [-0.3, -0.25) is 0 Å². The van der Waals surface area contributed by atoms with Crippen molar-refractivity contribution in [2.75, 3.05) is 0 Å². The molecule has 1 spiro atoms. The maximum absolute atomic E-state index is 5.35. The first kappa shape index (κ1) is 22.3. The van der Waals surface area contributed by atoms with Gasteiger partial charge in [-0.15, -0.1) is 0 Å². The molecule has 0 fully saturated rings. The number of halogens is 1. The lowest BCUT2D eigenvalue weighted by Gasteiger charge is -2.30. The number of nitrogens with zero attached hydrogens (tertiary/aromatic N) is 1. The van der Waals surface area contributed by atoms with Crippen molar-refractivity contribution >= 4 is 37.6 Å². The highest BCUT2D eigenvalue weighted by Crippen LogP contribution is 2.64. The molecule has 2 aliphatic carbocycles. The quantitative estimate of drug-likeness (QED) is 0.178. The van der Waals surface area contributed by atoms with Gasteiger partial charge >= 0.3 is 0 Å². The number of rotatable bonds is 1. The summed E-state index contributed by atoms with van der Waals surface area (Å²) >= 11 is 3.72. The van der Waals surface area contributed by atoms with Crippen LogP contribution in [0.1, 0.15) is 22.3 Å². The van der Waals surface area contributed by atoms with Crippen molar-refractivity contribution in [3.05, 3.63) is 160 Å². The van der Waals surface area contributed by atoms with E-state index in [0.29, 0.717) is 0 Å². The Morgan fingerprint density at radius 2 is 1.12 bits per heavy atom. The van der Waals surface area contributed by atoms with Crippen molar-refractivity contribution in [2.45, 2.75) is 5.41 Å². The fraction of sp³-hybridized carbons (Fsp3) is 0.0263. The van der Waals surface area contributed by atoms with Gasteiger partial charge in [0.2, 0.25) is 0 Å². The Labute approximate surface area is 240 Å². The van der Waals surface area contributed by atoms with Crippen LogP contribution in [-0.4, -0.2) is 4.98 Å². The highest BCUT2D eigenvalue weighted by molar-refractivity contribution is 9.10. The van der Waals surface area contributed by atoms with Crippen LogP contribution in [0.3, 0.4) is 0 Å². The second-order valence-corrected chi connectivity index (χ2v) is 11.7. The van der Waals surface area contributed by atoms with E-state index < -0.39 is 0 Å². The molecule has 0 N–H and O–H groups in total. The molecular formula is C38H22BrN. The Morgan fingerprint density at radius 1 is 0.500 bits per heavy atom. The molecule has 0 saturated carbocycles. The lowest BCUT2D eigenvalue weighted by atomic mass is 9.70. The maximum Gasteiger partial charge on any atom is 0.0794 e. The third kappa shape index (κ3) is 2.69. The number of fused-ring (bicyclic) bond motifs is 14. The molecule has 40 heavy (non-hydrogen) atoms. The first-order valence-corrected chi connectivity index (χ1v) is 14.5. The number of hydrogen-bond acceptors (Lipinski definition) is 1. The van der Waals surface area contributed by atoms with Crippen molar-refractivity contribution in [1.29, 1.82) is 0 Å². The Bertz CT molecular complexity index is 2150. The smallest absolute Gasteiger partial charge is 0.0794 e. The van der Waals surface area contributed by atoms with Crippen molar-refractivity contribution in [2.24, 2.45) is 0 Å². The van der Waals surface area contributed by atoms with E-state index in [0.717, 1.165) is 21.2 Å². The zero-order valence-corrected chi connectivity index (χ0v) is 23.1. The van der Waals surface area contributed by atoms with E-state index in [1.54, 1.807) is 0 Å². The minimum atomic E-state index is -0.368. The lowest BCUT2D eigenvalue weighted by molar-refractivity contribution is 0.794. The summed E-state index contributed by atoms with van der Waals surface area (Å²) in [5, 5.41) is 3.65. The molecular weight excluding hydrogens is 550 g/mol.